The molecule has 19 aromatic carbocycles. The van der Waals surface area contributed by atoms with Gasteiger partial charge < -0.3 is 9.13 Å². The van der Waals surface area contributed by atoms with Crippen LogP contribution in [0.15, 0.2) is 461 Å². The molecule has 0 amide bonds. The number of rotatable bonds is 15. The van der Waals surface area contributed by atoms with Gasteiger partial charge in [0, 0.05) is 106 Å². The number of para-hydroxylation sites is 2. The Bertz CT molecular complexity index is 8560. The van der Waals surface area contributed by atoms with Crippen LogP contribution in [0.2, 0.25) is 0 Å². The van der Waals surface area contributed by atoms with Gasteiger partial charge >= 0.3 is 0 Å². The fourth-order valence-electron chi connectivity index (χ4n) is 18.7. The standard InChI is InChI=1S/C63H40N4S.C57H36N4S/c1-4-17-41(18-5-1)44-23-14-25-47(37-44)61-64-62(48-26-15-24-45(38-48)42-19-6-2-7-20-42)66-63(65-61)49-34-36-57(55(39-49)43-21-8-3-9-22-43)67-56-31-12-10-27-51(56)52-35-33-46(40-58(52)67)50-29-16-30-54-53-28-11-13-32-59(53)68-60(50)54;1-4-16-37(17-5-1)40-22-14-23-42(34-40)56-58-55(39-20-8-3-9-21-39)59-57(60-56)43-31-33-51(49(35-43)38-18-6-2-7-19-38)61-50-28-12-10-24-45(50)46-32-30-41(36-52(46)61)44-26-15-27-48-47-25-11-13-29-53(47)62-54(44)48/h1-40H;1-36H. The highest BCUT2D eigenvalue weighted by molar-refractivity contribution is 7.26. The maximum atomic E-state index is 5.30. The summed E-state index contributed by atoms with van der Waals surface area (Å²) in [5, 5.41) is 10.0. The summed E-state index contributed by atoms with van der Waals surface area (Å²) in [7, 11) is 0. The lowest BCUT2D eigenvalue weighted by Gasteiger charge is -2.17. The molecule has 0 aliphatic heterocycles. The minimum absolute atomic E-state index is 0.602. The maximum absolute atomic E-state index is 5.30. The van der Waals surface area contributed by atoms with Gasteiger partial charge in [0.05, 0.1) is 33.4 Å². The third kappa shape index (κ3) is 14.1. The molecule has 0 aliphatic rings. The SMILES string of the molecule is c1ccc(-c2cccc(-c3nc(-c4cccc(-c5ccccc5)c4)nc(-c4ccc(-n5c6ccccc6c6ccc(-c7cccc8c7sc7ccccc78)cc65)c(-c5ccccc5)c4)n3)c2)cc1.c1ccc(-c2cccc(-c3nc(-c4ccccc4)nc(-c4ccc(-n5c6ccccc6c6ccc(-c7cccc8c7sc7ccccc78)cc65)c(-c5ccccc5)c4)n3)c2)cc1. The summed E-state index contributed by atoms with van der Waals surface area (Å²) in [5.74, 6) is 3.70. The molecule has 608 valence electrons. The maximum Gasteiger partial charge on any atom is 0.164 e. The molecule has 25 rings (SSSR count). The van der Waals surface area contributed by atoms with Crippen LogP contribution in [0, 0.1) is 0 Å². The third-order valence-corrected chi connectivity index (χ3v) is 27.4. The Labute approximate surface area is 758 Å². The normalized spacial score (nSPS) is 11.5. The van der Waals surface area contributed by atoms with Crippen LogP contribution in [0.5, 0.6) is 0 Å². The van der Waals surface area contributed by atoms with Crippen LogP contribution in [-0.4, -0.2) is 39.0 Å². The van der Waals surface area contributed by atoms with E-state index in [4.69, 9.17) is 29.9 Å². The molecule has 25 aromatic rings. The summed E-state index contributed by atoms with van der Waals surface area (Å²) in [4.78, 5) is 31.3. The van der Waals surface area contributed by atoms with E-state index in [1.807, 2.05) is 59.1 Å². The Hall–Kier alpha value is -16.8. The summed E-state index contributed by atoms with van der Waals surface area (Å²) < 4.78 is 10.1. The van der Waals surface area contributed by atoms with Crippen molar-refractivity contribution in [1.29, 1.82) is 0 Å². The van der Waals surface area contributed by atoms with Crippen molar-refractivity contribution in [2.75, 3.05) is 0 Å². The zero-order valence-corrected chi connectivity index (χ0v) is 71.9. The van der Waals surface area contributed by atoms with E-state index >= 15 is 0 Å². The minimum Gasteiger partial charge on any atom is -0.309 e. The molecular weight excluding hydrogens is 1620 g/mol. The van der Waals surface area contributed by atoms with E-state index in [0.29, 0.717) is 34.9 Å². The van der Waals surface area contributed by atoms with E-state index in [-0.39, 0.29) is 0 Å². The first kappa shape index (κ1) is 76.9. The number of aromatic nitrogens is 8. The van der Waals surface area contributed by atoms with Crippen molar-refractivity contribution in [3.05, 3.63) is 461 Å². The fraction of sp³-hybridized carbons (Fsp3) is 0. The molecule has 0 spiro atoms. The number of hydrogen-bond acceptors (Lipinski definition) is 8. The van der Waals surface area contributed by atoms with Gasteiger partial charge in [-0.3, -0.25) is 0 Å². The Kier molecular flexibility index (Phi) is 19.5. The average Bonchev–Trinajstić information content (AvgIpc) is 1.57. The van der Waals surface area contributed by atoms with Gasteiger partial charge in [-0.15, -0.1) is 22.7 Å². The summed E-state index contributed by atoms with van der Waals surface area (Å²) in [6.07, 6.45) is 0. The molecule has 0 unspecified atom stereocenters. The minimum atomic E-state index is 0.602. The van der Waals surface area contributed by atoms with Crippen molar-refractivity contribution in [3.63, 3.8) is 0 Å². The van der Waals surface area contributed by atoms with Crippen molar-refractivity contribution < 1.29 is 0 Å². The molecule has 0 saturated heterocycles. The summed E-state index contributed by atoms with van der Waals surface area (Å²) >= 11 is 3.74. The second kappa shape index (κ2) is 33.0. The molecule has 6 aromatic heterocycles. The van der Waals surface area contributed by atoms with Crippen LogP contribution >= 0.6 is 22.7 Å². The van der Waals surface area contributed by atoms with Crippen LogP contribution in [0.3, 0.4) is 0 Å². The van der Waals surface area contributed by atoms with Crippen LogP contribution in [0.1, 0.15) is 0 Å². The monoisotopic (exact) mass is 1690 g/mol. The average molecular weight is 1690 g/mol. The first-order valence-electron chi connectivity index (χ1n) is 43.8. The van der Waals surface area contributed by atoms with E-state index in [2.05, 4.69) is 434 Å². The molecule has 0 saturated carbocycles. The molecule has 10 heteroatoms. The van der Waals surface area contributed by atoms with Crippen molar-refractivity contribution in [1.82, 2.24) is 39.0 Å². The largest absolute Gasteiger partial charge is 0.309 e. The van der Waals surface area contributed by atoms with Crippen molar-refractivity contribution in [2.24, 2.45) is 0 Å². The van der Waals surface area contributed by atoms with E-state index < -0.39 is 0 Å². The van der Waals surface area contributed by atoms with E-state index in [1.54, 1.807) is 0 Å². The lowest BCUT2D eigenvalue weighted by Crippen LogP contribution is -2.02. The smallest absolute Gasteiger partial charge is 0.164 e. The summed E-state index contributed by atoms with van der Waals surface area (Å²) in [5.41, 5.74) is 28.2. The Morgan fingerprint density at radius 2 is 0.408 bits per heavy atom. The fourth-order valence-corrected chi connectivity index (χ4v) is 21.2. The molecule has 0 fully saturated rings. The highest BCUT2D eigenvalue weighted by atomic mass is 32.1. The quantitative estimate of drug-likeness (QED) is 0.102. The van der Waals surface area contributed by atoms with E-state index in [1.165, 1.54) is 84.1 Å². The Morgan fingerprint density at radius 3 is 0.777 bits per heavy atom. The highest BCUT2D eigenvalue weighted by Crippen LogP contribution is 2.48. The molecule has 0 bridgehead atoms. The molecule has 0 atom stereocenters. The second-order valence-corrected chi connectivity index (χ2v) is 34.8. The number of thiophene rings is 2. The zero-order valence-electron chi connectivity index (χ0n) is 70.3. The first-order chi connectivity index (χ1) is 64.4. The van der Waals surface area contributed by atoms with Gasteiger partial charge in [0.2, 0.25) is 0 Å². The van der Waals surface area contributed by atoms with E-state index in [9.17, 15) is 0 Å². The lowest BCUT2D eigenvalue weighted by atomic mass is 9.99. The van der Waals surface area contributed by atoms with Gasteiger partial charge in [-0.25, -0.2) is 29.9 Å². The lowest BCUT2D eigenvalue weighted by molar-refractivity contribution is 1.07. The van der Waals surface area contributed by atoms with Gasteiger partial charge in [-0.05, 0) is 158 Å². The molecule has 130 heavy (non-hydrogen) atoms. The predicted octanol–water partition coefficient (Wildman–Crippen LogP) is 32.3. The number of benzene rings is 19. The highest BCUT2D eigenvalue weighted by Gasteiger charge is 2.25. The Morgan fingerprint density at radius 1 is 0.146 bits per heavy atom. The van der Waals surface area contributed by atoms with Gasteiger partial charge in [-0.2, -0.15) is 0 Å². The van der Waals surface area contributed by atoms with Gasteiger partial charge in [0.1, 0.15) is 0 Å². The first-order valence-corrected chi connectivity index (χ1v) is 45.4. The number of fused-ring (bicyclic) bond motifs is 12. The summed E-state index contributed by atoms with van der Waals surface area (Å²) in [6.45, 7) is 0. The summed E-state index contributed by atoms with van der Waals surface area (Å²) in [6, 6.07) is 164. The molecule has 0 aliphatic carbocycles. The molecule has 8 nitrogen and oxygen atoms in total. The van der Waals surface area contributed by atoms with E-state index in [0.717, 1.165) is 122 Å². The topological polar surface area (TPSA) is 87.2 Å². The second-order valence-electron chi connectivity index (χ2n) is 32.7. The van der Waals surface area contributed by atoms with Crippen molar-refractivity contribution in [3.8, 4) is 158 Å². The van der Waals surface area contributed by atoms with Crippen LogP contribution < -0.4 is 0 Å². The number of nitrogens with zero attached hydrogens (tertiary/aromatic N) is 8. The molecule has 6 heterocycles. The molecule has 0 N–H and O–H groups in total. The van der Waals surface area contributed by atoms with Crippen LogP contribution in [-0.2, 0) is 0 Å². The number of hydrogen-bond donors (Lipinski definition) is 0. The van der Waals surface area contributed by atoms with Crippen LogP contribution in [0.25, 0.3) is 242 Å². The van der Waals surface area contributed by atoms with Crippen LogP contribution in [0.4, 0.5) is 0 Å². The van der Waals surface area contributed by atoms with Crippen molar-refractivity contribution >= 4 is 107 Å². The third-order valence-electron chi connectivity index (χ3n) is 24.9. The zero-order chi connectivity index (χ0) is 86.0. The predicted molar refractivity (Wildman–Crippen MR) is 545 cm³/mol. The van der Waals surface area contributed by atoms with Gasteiger partial charge in [0.15, 0.2) is 34.9 Å². The Balaban J connectivity index is 0.000000145. The van der Waals surface area contributed by atoms with Crippen molar-refractivity contribution in [2.45, 2.75) is 0 Å². The molecular formula is C120H76N8S2. The van der Waals surface area contributed by atoms with Gasteiger partial charge in [-0.1, -0.05) is 370 Å². The molecule has 0 radical (unpaired) electrons. The van der Waals surface area contributed by atoms with Gasteiger partial charge in [0.25, 0.3) is 0 Å².